The fourth-order valence-electron chi connectivity index (χ4n) is 4.18. The maximum absolute atomic E-state index is 13.3. The van der Waals surface area contributed by atoms with Gasteiger partial charge >= 0.3 is 0 Å². The van der Waals surface area contributed by atoms with E-state index in [2.05, 4.69) is 26.0 Å². The summed E-state index contributed by atoms with van der Waals surface area (Å²) in [6.45, 7) is 6.00. The zero-order valence-electron chi connectivity index (χ0n) is 17.4. The number of amides is 1. The van der Waals surface area contributed by atoms with Crippen LogP contribution >= 0.6 is 0 Å². The molecule has 5 nitrogen and oxygen atoms in total. The van der Waals surface area contributed by atoms with E-state index in [0.29, 0.717) is 19.7 Å². The van der Waals surface area contributed by atoms with Crippen molar-refractivity contribution in [2.45, 2.75) is 51.9 Å². The van der Waals surface area contributed by atoms with E-state index in [1.165, 1.54) is 5.56 Å². The average molecular weight is 395 g/mol. The Morgan fingerprint density at radius 3 is 2.38 bits per heavy atom. The number of fused-ring (bicyclic) bond motifs is 2. The third kappa shape index (κ3) is 4.40. The van der Waals surface area contributed by atoms with Crippen LogP contribution in [0.3, 0.4) is 0 Å². The van der Waals surface area contributed by atoms with Crippen molar-refractivity contribution >= 4 is 5.91 Å². The van der Waals surface area contributed by atoms with Crippen LogP contribution in [-0.2, 0) is 24.1 Å². The highest BCUT2D eigenvalue weighted by atomic mass is 16.5. The number of hydrogen-bond donors (Lipinski definition) is 0. The predicted molar refractivity (Wildman–Crippen MR) is 112 cm³/mol. The van der Waals surface area contributed by atoms with E-state index >= 15 is 0 Å². The van der Waals surface area contributed by atoms with Gasteiger partial charge in [-0.3, -0.25) is 4.79 Å². The maximum atomic E-state index is 13.3. The van der Waals surface area contributed by atoms with Gasteiger partial charge in [0.15, 0.2) is 0 Å². The lowest BCUT2D eigenvalue weighted by atomic mass is 10.0. The third-order valence-electron chi connectivity index (χ3n) is 5.54. The molecule has 0 bridgehead atoms. The summed E-state index contributed by atoms with van der Waals surface area (Å²) in [5, 5.41) is 0. The number of hydrogen-bond acceptors (Lipinski definition) is 4. The molecule has 2 aliphatic rings. The lowest BCUT2D eigenvalue weighted by Gasteiger charge is -2.23. The topological polar surface area (TPSA) is 48.0 Å². The van der Waals surface area contributed by atoms with E-state index in [0.717, 1.165) is 47.5 Å². The molecule has 2 aromatic rings. The lowest BCUT2D eigenvalue weighted by molar-refractivity contribution is 0.0723. The molecule has 1 amide bonds. The lowest BCUT2D eigenvalue weighted by Crippen LogP contribution is -2.32. The van der Waals surface area contributed by atoms with Crippen LogP contribution < -0.4 is 9.47 Å². The summed E-state index contributed by atoms with van der Waals surface area (Å²) in [4.78, 5) is 15.2. The molecular weight excluding hydrogens is 366 g/mol. The van der Waals surface area contributed by atoms with Crippen molar-refractivity contribution in [2.75, 3.05) is 20.3 Å². The summed E-state index contributed by atoms with van der Waals surface area (Å²) in [6.07, 6.45) is 2.96. The summed E-state index contributed by atoms with van der Waals surface area (Å²) in [6, 6.07) is 12.1. The molecule has 0 radical (unpaired) electrons. The molecule has 5 heteroatoms. The van der Waals surface area contributed by atoms with Gasteiger partial charge < -0.3 is 19.1 Å². The van der Waals surface area contributed by atoms with Gasteiger partial charge in [-0.25, -0.2) is 0 Å². The molecule has 0 unspecified atom stereocenters. The molecular formula is C24H29NO4. The Morgan fingerprint density at radius 2 is 1.69 bits per heavy atom. The molecule has 29 heavy (non-hydrogen) atoms. The van der Waals surface area contributed by atoms with Crippen LogP contribution in [-0.4, -0.2) is 43.3 Å². The van der Waals surface area contributed by atoms with Crippen molar-refractivity contribution in [1.29, 1.82) is 0 Å². The van der Waals surface area contributed by atoms with Gasteiger partial charge in [-0.05, 0) is 61.2 Å². The molecule has 0 saturated heterocycles. The number of benzene rings is 2. The van der Waals surface area contributed by atoms with Gasteiger partial charge in [0.2, 0.25) is 0 Å². The average Bonchev–Trinajstić information content (AvgIpc) is 3.26. The maximum Gasteiger partial charge on any atom is 0.254 e. The first-order valence-corrected chi connectivity index (χ1v) is 10.4. The first-order chi connectivity index (χ1) is 14.0. The van der Waals surface area contributed by atoms with Crippen LogP contribution in [0.1, 0.15) is 47.3 Å². The smallest absolute Gasteiger partial charge is 0.254 e. The Hall–Kier alpha value is -2.53. The molecule has 0 spiro atoms. The summed E-state index contributed by atoms with van der Waals surface area (Å²) >= 11 is 0. The fourth-order valence-corrected chi connectivity index (χ4v) is 4.18. The van der Waals surface area contributed by atoms with Crippen molar-refractivity contribution in [3.63, 3.8) is 0 Å². The van der Waals surface area contributed by atoms with E-state index in [1.807, 2.05) is 29.2 Å². The molecule has 0 N–H and O–H groups in total. The molecule has 2 atom stereocenters. The number of methoxy groups -OCH3 is 1. The van der Waals surface area contributed by atoms with E-state index in [-0.39, 0.29) is 18.1 Å². The van der Waals surface area contributed by atoms with Gasteiger partial charge in [0.25, 0.3) is 5.91 Å². The Morgan fingerprint density at radius 1 is 1.03 bits per heavy atom. The molecule has 2 aromatic carbocycles. The highest BCUT2D eigenvalue weighted by Crippen LogP contribution is 2.31. The van der Waals surface area contributed by atoms with Crippen LogP contribution in [0, 0.1) is 0 Å². The molecule has 2 aliphatic heterocycles. The largest absolute Gasteiger partial charge is 0.490 e. The summed E-state index contributed by atoms with van der Waals surface area (Å²) in [5.41, 5.74) is 4.19. The summed E-state index contributed by atoms with van der Waals surface area (Å²) in [5.74, 6) is 1.91. The van der Waals surface area contributed by atoms with Gasteiger partial charge in [-0.2, -0.15) is 0 Å². The molecule has 4 rings (SSSR count). The van der Waals surface area contributed by atoms with Crippen LogP contribution in [0.25, 0.3) is 0 Å². The number of carbonyl (C=O) groups excluding carboxylic acids is 1. The van der Waals surface area contributed by atoms with Gasteiger partial charge in [0.05, 0.1) is 0 Å². The van der Waals surface area contributed by atoms with Crippen molar-refractivity contribution in [1.82, 2.24) is 4.90 Å². The van der Waals surface area contributed by atoms with Crippen LogP contribution in [0.2, 0.25) is 0 Å². The van der Waals surface area contributed by atoms with Crippen LogP contribution in [0.5, 0.6) is 11.5 Å². The number of carbonyl (C=O) groups is 1. The normalized spacial score (nSPS) is 19.3. The second-order valence-electron chi connectivity index (χ2n) is 8.10. The Balaban J connectivity index is 1.53. The first kappa shape index (κ1) is 19.8. The van der Waals surface area contributed by atoms with Crippen molar-refractivity contribution < 1.29 is 19.0 Å². The van der Waals surface area contributed by atoms with Crippen molar-refractivity contribution in [2.24, 2.45) is 0 Å². The van der Waals surface area contributed by atoms with Gasteiger partial charge in [0, 0.05) is 45.2 Å². The summed E-state index contributed by atoms with van der Waals surface area (Å²) < 4.78 is 16.8. The van der Waals surface area contributed by atoms with Crippen molar-refractivity contribution in [3.05, 3.63) is 58.7 Å². The second-order valence-corrected chi connectivity index (χ2v) is 8.10. The molecule has 0 aliphatic carbocycles. The standard InChI is InChI=1S/C24H29NO4/c1-16-11-20-13-18(5-7-22(20)28-16)15-25(9-4-10-27-3)24(26)19-6-8-23-21(14-19)12-17(2)29-23/h5-8,13-14,16-17H,4,9-12,15H2,1-3H3/t16-,17+/m1/s1. The first-order valence-electron chi connectivity index (χ1n) is 10.4. The monoisotopic (exact) mass is 395 g/mol. The van der Waals surface area contributed by atoms with E-state index < -0.39 is 0 Å². The number of rotatable bonds is 7. The molecule has 0 fully saturated rings. The Kier molecular flexibility index (Phi) is 5.76. The minimum absolute atomic E-state index is 0.0496. The minimum atomic E-state index is 0.0496. The highest BCUT2D eigenvalue weighted by Gasteiger charge is 2.24. The number of nitrogens with zero attached hydrogens (tertiary/aromatic N) is 1. The Bertz CT molecular complexity index is 894. The van der Waals surface area contributed by atoms with Gasteiger partial charge in [0.1, 0.15) is 23.7 Å². The SMILES string of the molecule is COCCCN(Cc1ccc2c(c1)C[C@@H](C)O2)C(=O)c1ccc2c(c1)C[C@H](C)O2. The van der Waals surface area contributed by atoms with Crippen LogP contribution in [0.4, 0.5) is 0 Å². The molecule has 0 aromatic heterocycles. The quantitative estimate of drug-likeness (QED) is 0.665. The third-order valence-corrected chi connectivity index (χ3v) is 5.54. The predicted octanol–water partition coefficient (Wildman–Crippen LogP) is 4.01. The molecule has 0 saturated carbocycles. The zero-order valence-corrected chi connectivity index (χ0v) is 17.4. The summed E-state index contributed by atoms with van der Waals surface area (Å²) in [7, 11) is 1.69. The van der Waals surface area contributed by atoms with Gasteiger partial charge in [-0.15, -0.1) is 0 Å². The number of ether oxygens (including phenoxy) is 3. The molecule has 2 heterocycles. The van der Waals surface area contributed by atoms with E-state index in [4.69, 9.17) is 14.2 Å². The van der Waals surface area contributed by atoms with E-state index in [1.54, 1.807) is 7.11 Å². The molecule has 154 valence electrons. The van der Waals surface area contributed by atoms with Gasteiger partial charge in [-0.1, -0.05) is 12.1 Å². The second kappa shape index (κ2) is 8.46. The van der Waals surface area contributed by atoms with E-state index in [9.17, 15) is 4.79 Å². The highest BCUT2D eigenvalue weighted by molar-refractivity contribution is 5.94. The minimum Gasteiger partial charge on any atom is -0.490 e. The van der Waals surface area contributed by atoms with Crippen LogP contribution in [0.15, 0.2) is 36.4 Å². The fraction of sp³-hybridized carbons (Fsp3) is 0.458. The van der Waals surface area contributed by atoms with Crippen molar-refractivity contribution in [3.8, 4) is 11.5 Å². The zero-order chi connectivity index (χ0) is 20.4. The Labute approximate surface area is 172 Å².